The van der Waals surface area contributed by atoms with Gasteiger partial charge < -0.3 is 0 Å². The fraction of sp³-hybridized carbons (Fsp3) is 0.846. The molecular weight excluding hydrogens is 369 g/mol. The lowest BCUT2D eigenvalue weighted by Crippen LogP contribution is -2.58. The molecule has 0 spiro atoms. The number of alkyl halides is 7. The third-order valence-electron chi connectivity index (χ3n) is 2.95. The highest BCUT2D eigenvalue weighted by Crippen LogP contribution is 2.49. The van der Waals surface area contributed by atoms with Crippen LogP contribution in [0.25, 0.3) is 0 Å². The summed E-state index contributed by atoms with van der Waals surface area (Å²) in [5.74, 6) is -12.3. The molecule has 24 heavy (non-hydrogen) atoms. The molecule has 3 nitrogen and oxygen atoms in total. The van der Waals surface area contributed by atoms with Crippen LogP contribution in [0.2, 0.25) is 0 Å². The maximum Gasteiger partial charge on any atom is 0.459 e. The molecule has 0 bridgehead atoms. The minimum Gasteiger partial charge on any atom is -0.256 e. The molecule has 0 aromatic carbocycles. The van der Waals surface area contributed by atoms with Gasteiger partial charge in [0.1, 0.15) is 0 Å². The molecule has 0 aliphatic rings. The average Bonchev–Trinajstić information content (AvgIpc) is 2.38. The minimum absolute atomic E-state index is 0.108. The Morgan fingerprint density at radius 3 is 1.96 bits per heavy atom. The third-order valence-corrected chi connectivity index (χ3v) is 3.50. The predicted molar refractivity (Wildman–Crippen MR) is 73.6 cm³/mol. The van der Waals surface area contributed by atoms with Crippen molar-refractivity contribution >= 4 is 10.1 Å². The van der Waals surface area contributed by atoms with Gasteiger partial charge in [0.25, 0.3) is 10.1 Å². The van der Waals surface area contributed by atoms with Crippen LogP contribution >= 0.6 is 0 Å². The second-order valence-corrected chi connectivity index (χ2v) is 6.79. The van der Waals surface area contributed by atoms with Crippen LogP contribution in [0.5, 0.6) is 0 Å². The smallest absolute Gasteiger partial charge is 0.256 e. The minimum atomic E-state index is -6.56. The second kappa shape index (κ2) is 8.50. The van der Waals surface area contributed by atoms with Gasteiger partial charge in [-0.05, 0) is 12.8 Å². The molecule has 11 heteroatoms. The zero-order valence-corrected chi connectivity index (χ0v) is 13.9. The van der Waals surface area contributed by atoms with Crippen molar-refractivity contribution in [2.24, 2.45) is 0 Å². The lowest BCUT2D eigenvalue weighted by Gasteiger charge is -2.31. The Morgan fingerprint density at radius 2 is 1.54 bits per heavy atom. The van der Waals surface area contributed by atoms with Gasteiger partial charge >= 0.3 is 18.0 Å². The Morgan fingerprint density at radius 1 is 1.00 bits per heavy atom. The summed E-state index contributed by atoms with van der Waals surface area (Å²) >= 11 is 0. The molecule has 0 aromatic heterocycles. The van der Waals surface area contributed by atoms with Crippen LogP contribution in [-0.4, -0.2) is 38.8 Å². The highest BCUT2D eigenvalue weighted by Gasteiger charge is 2.75. The molecule has 1 atom stereocenters. The standard InChI is InChI=1S/C13H19F7O3S/c1-3-4-5-6-7-8-9-10(23-24(2,21)22)11(14,15)12(16,17)13(18,19)20/h8-10H,3-7H2,1-2H3/b9-8+. The molecule has 144 valence electrons. The molecule has 0 aliphatic carbocycles. The van der Waals surface area contributed by atoms with Crippen LogP contribution in [0.1, 0.15) is 39.0 Å². The van der Waals surface area contributed by atoms with Gasteiger partial charge in [0.2, 0.25) is 0 Å². The maximum absolute atomic E-state index is 13.6. The fourth-order valence-corrected chi connectivity index (χ4v) is 2.24. The van der Waals surface area contributed by atoms with Gasteiger partial charge in [-0.3, -0.25) is 4.18 Å². The molecule has 0 heterocycles. The maximum atomic E-state index is 13.6. The normalized spacial score (nSPS) is 15.9. The molecular formula is C13H19F7O3S. The number of rotatable bonds is 10. The van der Waals surface area contributed by atoms with Crippen molar-refractivity contribution < 1.29 is 43.3 Å². The molecule has 1 unspecified atom stereocenters. The highest BCUT2D eigenvalue weighted by molar-refractivity contribution is 7.86. The van der Waals surface area contributed by atoms with Crippen LogP contribution in [0.4, 0.5) is 30.7 Å². The molecule has 0 N–H and O–H groups in total. The van der Waals surface area contributed by atoms with Crippen molar-refractivity contribution in [3.63, 3.8) is 0 Å². The Kier molecular flexibility index (Phi) is 8.21. The SMILES string of the molecule is CCCCCC/C=C/C(OS(C)(=O)=O)C(F)(F)C(F)(F)C(F)(F)F. The Bertz CT molecular complexity index is 512. The summed E-state index contributed by atoms with van der Waals surface area (Å²) in [5.41, 5.74) is 0. The number of unbranched alkanes of at least 4 members (excludes halogenated alkanes) is 4. The van der Waals surface area contributed by atoms with Crippen LogP contribution in [-0.2, 0) is 14.3 Å². The predicted octanol–water partition coefficient (Wildman–Crippen LogP) is 4.69. The van der Waals surface area contributed by atoms with E-state index >= 15 is 0 Å². The first kappa shape index (κ1) is 23.2. The summed E-state index contributed by atoms with van der Waals surface area (Å²) in [6, 6.07) is 0. The molecule has 0 aromatic rings. The molecule has 0 saturated carbocycles. The molecule has 0 radical (unpaired) electrons. The summed E-state index contributed by atoms with van der Waals surface area (Å²) < 4.78 is 115. The number of halogens is 7. The summed E-state index contributed by atoms with van der Waals surface area (Å²) in [6.45, 7) is 1.91. The van der Waals surface area contributed by atoms with Gasteiger partial charge in [-0.15, -0.1) is 0 Å². The van der Waals surface area contributed by atoms with Gasteiger partial charge in [0.05, 0.1) is 6.26 Å². The van der Waals surface area contributed by atoms with E-state index in [4.69, 9.17) is 0 Å². The quantitative estimate of drug-likeness (QED) is 0.236. The molecule has 0 saturated heterocycles. The van der Waals surface area contributed by atoms with Gasteiger partial charge in [0, 0.05) is 0 Å². The van der Waals surface area contributed by atoms with Gasteiger partial charge in [-0.1, -0.05) is 38.3 Å². The molecule has 0 aliphatic heterocycles. The van der Waals surface area contributed by atoms with Crippen LogP contribution < -0.4 is 0 Å². The van der Waals surface area contributed by atoms with Gasteiger partial charge in [-0.25, -0.2) is 0 Å². The van der Waals surface area contributed by atoms with E-state index in [-0.39, 0.29) is 18.8 Å². The Labute approximate surface area is 136 Å². The van der Waals surface area contributed by atoms with E-state index in [9.17, 15) is 39.2 Å². The van der Waals surface area contributed by atoms with E-state index in [1.807, 2.05) is 6.92 Å². The first-order valence-electron chi connectivity index (χ1n) is 7.04. The summed E-state index contributed by atoms with van der Waals surface area (Å²) in [4.78, 5) is 0. The van der Waals surface area contributed by atoms with E-state index in [1.54, 1.807) is 0 Å². The van der Waals surface area contributed by atoms with E-state index in [0.717, 1.165) is 18.9 Å². The number of allylic oxidation sites excluding steroid dienone is 1. The van der Waals surface area contributed by atoms with E-state index in [1.165, 1.54) is 0 Å². The van der Waals surface area contributed by atoms with Crippen molar-refractivity contribution in [3.05, 3.63) is 12.2 Å². The summed E-state index contributed by atoms with van der Waals surface area (Å²) in [5, 5.41) is 0. The lowest BCUT2D eigenvalue weighted by atomic mass is 10.0. The zero-order valence-electron chi connectivity index (χ0n) is 13.0. The first-order chi connectivity index (χ1) is 10.7. The first-order valence-corrected chi connectivity index (χ1v) is 8.85. The monoisotopic (exact) mass is 388 g/mol. The largest absolute Gasteiger partial charge is 0.459 e. The lowest BCUT2D eigenvalue weighted by molar-refractivity contribution is -0.364. The van der Waals surface area contributed by atoms with Crippen LogP contribution in [0, 0.1) is 0 Å². The van der Waals surface area contributed by atoms with Gasteiger partial charge in [0.15, 0.2) is 6.10 Å². The third kappa shape index (κ3) is 6.58. The van der Waals surface area contributed by atoms with E-state index < -0.39 is 34.2 Å². The molecule has 0 fully saturated rings. The fourth-order valence-electron chi connectivity index (χ4n) is 1.68. The van der Waals surface area contributed by atoms with Crippen LogP contribution in [0.15, 0.2) is 12.2 Å². The van der Waals surface area contributed by atoms with Crippen molar-refractivity contribution in [2.45, 2.75) is 63.2 Å². The van der Waals surface area contributed by atoms with Crippen molar-refractivity contribution in [2.75, 3.05) is 6.26 Å². The number of hydrogen-bond acceptors (Lipinski definition) is 3. The van der Waals surface area contributed by atoms with E-state index in [2.05, 4.69) is 4.18 Å². The van der Waals surface area contributed by atoms with E-state index in [0.29, 0.717) is 12.8 Å². The Balaban J connectivity index is 5.36. The second-order valence-electron chi connectivity index (χ2n) is 5.19. The van der Waals surface area contributed by atoms with Gasteiger partial charge in [-0.2, -0.15) is 39.2 Å². The number of hydrogen-bond donors (Lipinski definition) is 0. The average molecular weight is 388 g/mol. The van der Waals surface area contributed by atoms with Crippen molar-refractivity contribution in [1.29, 1.82) is 0 Å². The summed E-state index contributed by atoms with van der Waals surface area (Å²) in [7, 11) is -4.70. The van der Waals surface area contributed by atoms with Crippen molar-refractivity contribution in [3.8, 4) is 0 Å². The topological polar surface area (TPSA) is 43.4 Å². The summed E-state index contributed by atoms with van der Waals surface area (Å²) in [6.07, 6.45) is -5.42. The molecule has 0 amide bonds. The molecule has 0 rings (SSSR count). The van der Waals surface area contributed by atoms with Crippen molar-refractivity contribution in [1.82, 2.24) is 0 Å². The Hall–Kier alpha value is -0.840. The highest BCUT2D eigenvalue weighted by atomic mass is 32.2. The van der Waals surface area contributed by atoms with Crippen LogP contribution in [0.3, 0.4) is 0 Å². The zero-order chi connectivity index (χ0) is 19.2.